The number of aryl methyl sites for hydroxylation is 2. The number of carbonyl (C=O) groups excluding carboxylic acids is 1. The third-order valence-corrected chi connectivity index (χ3v) is 6.50. The van der Waals surface area contributed by atoms with Crippen LogP contribution in [0.2, 0.25) is 0 Å². The Balaban J connectivity index is 1.30. The van der Waals surface area contributed by atoms with Crippen molar-refractivity contribution in [3.8, 4) is 0 Å². The summed E-state index contributed by atoms with van der Waals surface area (Å²) in [5.41, 5.74) is 2.36. The SMILES string of the molecule is CN1C(=O)CCCC1CN1CCC(Cn2nc3c(cc2=O)CCC3)CC1. The van der Waals surface area contributed by atoms with Crippen LogP contribution in [0.4, 0.5) is 0 Å². The predicted octanol–water partition coefficient (Wildman–Crippen LogP) is 1.45. The molecule has 0 spiro atoms. The summed E-state index contributed by atoms with van der Waals surface area (Å²) in [4.78, 5) is 28.6. The molecule has 26 heavy (non-hydrogen) atoms. The van der Waals surface area contributed by atoms with Gasteiger partial charge < -0.3 is 9.80 Å². The van der Waals surface area contributed by atoms with Crippen LogP contribution in [0.1, 0.15) is 49.8 Å². The summed E-state index contributed by atoms with van der Waals surface area (Å²) >= 11 is 0. The van der Waals surface area contributed by atoms with Crippen molar-refractivity contribution in [3.05, 3.63) is 27.7 Å². The largest absolute Gasteiger partial charge is 0.341 e. The molecule has 0 aromatic carbocycles. The summed E-state index contributed by atoms with van der Waals surface area (Å²) in [5.74, 6) is 0.819. The van der Waals surface area contributed by atoms with E-state index < -0.39 is 0 Å². The first kappa shape index (κ1) is 17.7. The van der Waals surface area contributed by atoms with E-state index in [1.54, 1.807) is 10.7 Å². The number of amides is 1. The van der Waals surface area contributed by atoms with E-state index in [2.05, 4.69) is 10.00 Å². The molecule has 0 N–H and O–H groups in total. The summed E-state index contributed by atoms with van der Waals surface area (Å²) in [5, 5.41) is 4.62. The lowest BCUT2D eigenvalue weighted by Crippen LogP contribution is -2.49. The lowest BCUT2D eigenvalue weighted by atomic mass is 9.95. The maximum absolute atomic E-state index is 12.3. The minimum atomic E-state index is 0.0652. The van der Waals surface area contributed by atoms with Crippen molar-refractivity contribution in [2.24, 2.45) is 5.92 Å². The third kappa shape index (κ3) is 3.70. The highest BCUT2D eigenvalue weighted by Crippen LogP contribution is 2.23. The highest BCUT2D eigenvalue weighted by molar-refractivity contribution is 5.76. The fourth-order valence-corrected chi connectivity index (χ4v) is 4.74. The van der Waals surface area contributed by atoms with Gasteiger partial charge in [0.05, 0.1) is 5.69 Å². The van der Waals surface area contributed by atoms with Gasteiger partial charge in [0.25, 0.3) is 5.56 Å². The molecular weight excluding hydrogens is 328 g/mol. The Kier molecular flexibility index (Phi) is 5.11. The lowest BCUT2D eigenvalue weighted by molar-refractivity contribution is -0.135. The molecule has 1 aromatic rings. The molecule has 2 aliphatic heterocycles. The lowest BCUT2D eigenvalue weighted by Gasteiger charge is -2.39. The van der Waals surface area contributed by atoms with Crippen molar-refractivity contribution >= 4 is 5.91 Å². The van der Waals surface area contributed by atoms with Crippen LogP contribution in [0.3, 0.4) is 0 Å². The van der Waals surface area contributed by atoms with Gasteiger partial charge in [-0.25, -0.2) is 4.68 Å². The van der Waals surface area contributed by atoms with Crippen LogP contribution >= 0.6 is 0 Å². The summed E-state index contributed by atoms with van der Waals surface area (Å²) in [6, 6.07) is 2.18. The average molecular weight is 358 g/mol. The number of carbonyl (C=O) groups is 1. The molecule has 0 radical (unpaired) electrons. The fraction of sp³-hybridized carbons (Fsp3) is 0.750. The van der Waals surface area contributed by atoms with E-state index in [9.17, 15) is 9.59 Å². The molecular formula is C20H30N4O2. The zero-order valence-corrected chi connectivity index (χ0v) is 15.8. The summed E-state index contributed by atoms with van der Waals surface area (Å²) in [6.45, 7) is 3.86. The van der Waals surface area contributed by atoms with Crippen molar-refractivity contribution in [1.29, 1.82) is 0 Å². The van der Waals surface area contributed by atoms with Crippen LogP contribution in [-0.2, 0) is 24.2 Å². The van der Waals surface area contributed by atoms with E-state index in [0.29, 0.717) is 18.4 Å². The van der Waals surface area contributed by atoms with Crippen LogP contribution in [0.25, 0.3) is 0 Å². The Labute approximate surface area is 155 Å². The summed E-state index contributed by atoms with van der Waals surface area (Å²) in [6.07, 6.45) is 8.22. The van der Waals surface area contributed by atoms with Crippen molar-refractivity contribution in [2.75, 3.05) is 26.7 Å². The van der Waals surface area contributed by atoms with Crippen molar-refractivity contribution in [3.63, 3.8) is 0 Å². The average Bonchev–Trinajstić information content (AvgIpc) is 3.08. The number of aromatic nitrogens is 2. The minimum Gasteiger partial charge on any atom is -0.341 e. The molecule has 2 saturated heterocycles. The van der Waals surface area contributed by atoms with Gasteiger partial charge in [-0.3, -0.25) is 9.59 Å². The predicted molar refractivity (Wildman–Crippen MR) is 100 cm³/mol. The van der Waals surface area contributed by atoms with E-state index in [1.807, 2.05) is 11.9 Å². The maximum Gasteiger partial charge on any atom is 0.267 e. The number of likely N-dealkylation sites (tertiary alicyclic amines) is 2. The zero-order valence-electron chi connectivity index (χ0n) is 15.8. The number of piperidine rings is 2. The van der Waals surface area contributed by atoms with E-state index >= 15 is 0 Å². The Bertz CT molecular complexity index is 721. The molecule has 3 aliphatic rings. The van der Waals surface area contributed by atoms with Crippen molar-refractivity contribution in [1.82, 2.24) is 19.6 Å². The molecule has 1 unspecified atom stereocenters. The second-order valence-corrected chi connectivity index (χ2v) is 8.28. The van der Waals surface area contributed by atoms with E-state index in [1.165, 1.54) is 0 Å². The first-order valence-corrected chi connectivity index (χ1v) is 10.2. The second-order valence-electron chi connectivity index (χ2n) is 8.28. The molecule has 0 saturated carbocycles. The molecule has 142 valence electrons. The third-order valence-electron chi connectivity index (χ3n) is 6.50. The molecule has 1 aromatic heterocycles. The molecule has 3 heterocycles. The number of likely N-dealkylation sites (N-methyl/N-ethyl adjacent to an activating group) is 1. The number of nitrogens with zero attached hydrogens (tertiary/aromatic N) is 4. The van der Waals surface area contributed by atoms with Crippen molar-refractivity contribution < 1.29 is 4.79 Å². The van der Waals surface area contributed by atoms with E-state index in [-0.39, 0.29) is 11.5 Å². The van der Waals surface area contributed by atoms with E-state index in [0.717, 1.165) is 82.4 Å². The van der Waals surface area contributed by atoms with Gasteiger partial charge in [0, 0.05) is 38.7 Å². The van der Waals surface area contributed by atoms with Gasteiger partial charge in [-0.05, 0) is 69.5 Å². The Morgan fingerprint density at radius 1 is 1.04 bits per heavy atom. The Morgan fingerprint density at radius 3 is 2.65 bits per heavy atom. The molecule has 6 nitrogen and oxygen atoms in total. The van der Waals surface area contributed by atoms with Gasteiger partial charge >= 0.3 is 0 Å². The normalized spacial score (nSPS) is 24.9. The van der Waals surface area contributed by atoms with E-state index in [4.69, 9.17) is 0 Å². The van der Waals surface area contributed by atoms with Gasteiger partial charge in [-0.15, -0.1) is 0 Å². The van der Waals surface area contributed by atoms with Crippen LogP contribution in [0.5, 0.6) is 0 Å². The fourth-order valence-electron chi connectivity index (χ4n) is 4.74. The molecule has 1 amide bonds. The van der Waals surface area contributed by atoms with Gasteiger partial charge in [-0.1, -0.05) is 0 Å². The topological polar surface area (TPSA) is 58.4 Å². The first-order chi connectivity index (χ1) is 12.6. The number of rotatable bonds is 4. The van der Waals surface area contributed by atoms with Gasteiger partial charge in [0.15, 0.2) is 0 Å². The second kappa shape index (κ2) is 7.51. The number of fused-ring (bicyclic) bond motifs is 1. The molecule has 1 atom stereocenters. The van der Waals surface area contributed by atoms with Crippen LogP contribution in [0.15, 0.2) is 10.9 Å². The molecule has 4 rings (SSSR count). The van der Waals surface area contributed by atoms with Crippen LogP contribution in [0, 0.1) is 5.92 Å². The van der Waals surface area contributed by atoms with Gasteiger partial charge in [0.2, 0.25) is 5.91 Å². The van der Waals surface area contributed by atoms with Crippen LogP contribution < -0.4 is 5.56 Å². The molecule has 0 bridgehead atoms. The van der Waals surface area contributed by atoms with Gasteiger partial charge in [-0.2, -0.15) is 5.10 Å². The Hall–Kier alpha value is -1.69. The first-order valence-electron chi connectivity index (χ1n) is 10.2. The smallest absolute Gasteiger partial charge is 0.267 e. The summed E-state index contributed by atoms with van der Waals surface area (Å²) in [7, 11) is 1.95. The minimum absolute atomic E-state index is 0.0652. The van der Waals surface area contributed by atoms with Gasteiger partial charge in [0.1, 0.15) is 0 Å². The highest BCUT2D eigenvalue weighted by Gasteiger charge is 2.28. The zero-order chi connectivity index (χ0) is 18.1. The quantitative estimate of drug-likeness (QED) is 0.818. The Morgan fingerprint density at radius 2 is 1.85 bits per heavy atom. The standard InChI is InChI=1S/C20H30N4O2/c1-22-17(5-3-7-19(22)25)14-23-10-8-15(9-11-23)13-24-20(26)12-16-4-2-6-18(16)21-24/h12,15,17H,2-11,13-14H2,1H3. The van der Waals surface area contributed by atoms with Crippen LogP contribution in [-0.4, -0.2) is 58.2 Å². The number of hydrogen-bond donors (Lipinski definition) is 0. The monoisotopic (exact) mass is 358 g/mol. The number of hydrogen-bond acceptors (Lipinski definition) is 4. The summed E-state index contributed by atoms with van der Waals surface area (Å²) < 4.78 is 1.71. The van der Waals surface area contributed by atoms with Crippen molar-refractivity contribution in [2.45, 2.75) is 64.0 Å². The molecule has 1 aliphatic carbocycles. The maximum atomic E-state index is 12.3. The highest BCUT2D eigenvalue weighted by atomic mass is 16.2. The molecule has 2 fully saturated rings. The molecule has 6 heteroatoms.